The molecule has 0 unspecified atom stereocenters. The average Bonchev–Trinajstić information content (AvgIpc) is 2.87. The Labute approximate surface area is 119 Å². The number of nitrogens with zero attached hydrogens (tertiary/aromatic N) is 2. The molecule has 1 saturated heterocycles. The van der Waals surface area contributed by atoms with Gasteiger partial charge in [0.05, 0.1) is 6.67 Å². The van der Waals surface area contributed by atoms with Gasteiger partial charge in [-0.05, 0) is 24.3 Å². The minimum atomic E-state index is -0.689. The Hall–Kier alpha value is -2.24. The third-order valence-electron chi connectivity index (χ3n) is 3.49. The van der Waals surface area contributed by atoms with Gasteiger partial charge in [0.25, 0.3) is 0 Å². The van der Waals surface area contributed by atoms with Gasteiger partial charge in [-0.25, -0.2) is 17.6 Å². The molecule has 0 bridgehead atoms. The highest BCUT2D eigenvalue weighted by molar-refractivity contribution is 5.57. The summed E-state index contributed by atoms with van der Waals surface area (Å²) in [6.45, 7) is 0.590. The van der Waals surface area contributed by atoms with E-state index in [2.05, 4.69) is 0 Å². The molecular formula is C15H12F4N2. The predicted octanol–water partition coefficient (Wildman–Crippen LogP) is 3.53. The molecule has 2 nitrogen and oxygen atoms in total. The third-order valence-corrected chi connectivity index (χ3v) is 3.49. The first-order chi connectivity index (χ1) is 10.1. The number of para-hydroxylation sites is 2. The van der Waals surface area contributed by atoms with E-state index in [1.807, 2.05) is 0 Å². The first-order valence-electron chi connectivity index (χ1n) is 6.46. The van der Waals surface area contributed by atoms with E-state index in [0.717, 1.165) is 24.3 Å². The van der Waals surface area contributed by atoms with Gasteiger partial charge in [0.15, 0.2) is 0 Å². The summed E-state index contributed by atoms with van der Waals surface area (Å²) in [5, 5.41) is 0. The van der Waals surface area contributed by atoms with Gasteiger partial charge in [0.1, 0.15) is 34.6 Å². The summed E-state index contributed by atoms with van der Waals surface area (Å²) >= 11 is 0. The molecule has 0 spiro atoms. The van der Waals surface area contributed by atoms with Crippen LogP contribution in [0.25, 0.3) is 0 Å². The molecular weight excluding hydrogens is 284 g/mol. The SMILES string of the molecule is Fc1cccc(F)c1N1CCN(c2c(F)cccc2F)C1. The van der Waals surface area contributed by atoms with Gasteiger partial charge in [0.2, 0.25) is 0 Å². The van der Waals surface area contributed by atoms with E-state index in [1.165, 1.54) is 21.9 Å². The highest BCUT2D eigenvalue weighted by Gasteiger charge is 2.28. The Bertz CT molecular complexity index is 577. The summed E-state index contributed by atoms with van der Waals surface area (Å²) in [7, 11) is 0. The topological polar surface area (TPSA) is 6.48 Å². The number of hydrogen-bond acceptors (Lipinski definition) is 2. The third kappa shape index (κ3) is 2.41. The van der Waals surface area contributed by atoms with Crippen LogP contribution in [-0.2, 0) is 0 Å². The van der Waals surface area contributed by atoms with E-state index < -0.39 is 23.3 Å². The molecule has 0 aromatic heterocycles. The van der Waals surface area contributed by atoms with Crippen molar-refractivity contribution in [3.05, 3.63) is 59.7 Å². The van der Waals surface area contributed by atoms with E-state index in [0.29, 0.717) is 0 Å². The van der Waals surface area contributed by atoms with Crippen molar-refractivity contribution in [3.63, 3.8) is 0 Å². The maximum absolute atomic E-state index is 13.7. The molecule has 2 aromatic carbocycles. The second-order valence-electron chi connectivity index (χ2n) is 4.81. The van der Waals surface area contributed by atoms with Crippen LogP contribution in [0.3, 0.4) is 0 Å². The lowest BCUT2D eigenvalue weighted by Crippen LogP contribution is -2.27. The number of benzene rings is 2. The van der Waals surface area contributed by atoms with Crippen molar-refractivity contribution in [2.75, 3.05) is 29.6 Å². The number of halogens is 4. The zero-order valence-corrected chi connectivity index (χ0v) is 11.0. The highest BCUT2D eigenvalue weighted by Crippen LogP contribution is 2.30. The fourth-order valence-electron chi connectivity index (χ4n) is 2.54. The van der Waals surface area contributed by atoms with Gasteiger partial charge in [-0.1, -0.05) is 12.1 Å². The molecule has 6 heteroatoms. The van der Waals surface area contributed by atoms with Crippen LogP contribution in [-0.4, -0.2) is 19.8 Å². The summed E-state index contributed by atoms with van der Waals surface area (Å²) < 4.78 is 55.0. The maximum Gasteiger partial charge on any atom is 0.149 e. The van der Waals surface area contributed by atoms with Gasteiger partial charge in [-0.3, -0.25) is 0 Å². The molecule has 1 aliphatic heterocycles. The Morgan fingerprint density at radius 3 is 1.29 bits per heavy atom. The van der Waals surface area contributed by atoms with Crippen LogP contribution < -0.4 is 9.80 Å². The van der Waals surface area contributed by atoms with Crippen molar-refractivity contribution in [2.24, 2.45) is 0 Å². The molecule has 0 saturated carbocycles. The molecule has 0 atom stereocenters. The fraction of sp³-hybridized carbons (Fsp3) is 0.200. The first-order valence-corrected chi connectivity index (χ1v) is 6.46. The molecule has 1 aliphatic rings. The van der Waals surface area contributed by atoms with E-state index in [9.17, 15) is 17.6 Å². The summed E-state index contributed by atoms with van der Waals surface area (Å²) in [4.78, 5) is 2.85. The van der Waals surface area contributed by atoms with Crippen LogP contribution in [0.5, 0.6) is 0 Å². The summed E-state index contributed by atoms with van der Waals surface area (Å²) in [6.07, 6.45) is 0. The summed E-state index contributed by atoms with van der Waals surface area (Å²) in [5.41, 5.74) is -0.339. The normalized spacial score (nSPS) is 14.9. The summed E-state index contributed by atoms with van der Waals surface area (Å²) in [6, 6.07) is 7.18. The van der Waals surface area contributed by atoms with Crippen LogP contribution in [0, 0.1) is 23.3 Å². The van der Waals surface area contributed by atoms with Crippen LogP contribution in [0.4, 0.5) is 28.9 Å². The van der Waals surface area contributed by atoms with Crippen LogP contribution in [0.1, 0.15) is 0 Å². The van der Waals surface area contributed by atoms with Gasteiger partial charge in [-0.15, -0.1) is 0 Å². The van der Waals surface area contributed by atoms with Gasteiger partial charge in [-0.2, -0.15) is 0 Å². The highest BCUT2D eigenvalue weighted by atomic mass is 19.1. The molecule has 0 amide bonds. The molecule has 1 heterocycles. The zero-order valence-electron chi connectivity index (χ0n) is 11.0. The first kappa shape index (κ1) is 13.7. The van der Waals surface area contributed by atoms with Crippen molar-refractivity contribution in [1.82, 2.24) is 0 Å². The van der Waals surface area contributed by atoms with Crippen molar-refractivity contribution in [1.29, 1.82) is 0 Å². The standard InChI is InChI=1S/C15H12F4N2/c16-10-3-1-4-11(17)14(10)20-7-8-21(9-20)15-12(18)5-2-6-13(15)19/h1-6H,7-9H2. The largest absolute Gasteiger partial charge is 0.347 e. The number of anilines is 2. The number of rotatable bonds is 2. The Morgan fingerprint density at radius 2 is 0.952 bits per heavy atom. The molecule has 2 aromatic rings. The lowest BCUT2D eigenvalue weighted by molar-refractivity contribution is 0.573. The molecule has 21 heavy (non-hydrogen) atoms. The van der Waals surface area contributed by atoms with Gasteiger partial charge in [0, 0.05) is 13.1 Å². The zero-order chi connectivity index (χ0) is 15.0. The molecule has 1 fully saturated rings. The minimum Gasteiger partial charge on any atom is -0.347 e. The molecule has 0 radical (unpaired) electrons. The lowest BCUT2D eigenvalue weighted by Gasteiger charge is -2.22. The second kappa shape index (κ2) is 5.27. The molecule has 0 aliphatic carbocycles. The van der Waals surface area contributed by atoms with E-state index in [1.54, 1.807) is 0 Å². The second-order valence-corrected chi connectivity index (χ2v) is 4.81. The Kier molecular flexibility index (Phi) is 3.45. The molecule has 110 valence electrons. The summed E-state index contributed by atoms with van der Waals surface area (Å²) in [5.74, 6) is -2.76. The van der Waals surface area contributed by atoms with Crippen molar-refractivity contribution < 1.29 is 17.6 Å². The fourth-order valence-corrected chi connectivity index (χ4v) is 2.54. The van der Waals surface area contributed by atoms with Crippen molar-refractivity contribution in [2.45, 2.75) is 0 Å². The van der Waals surface area contributed by atoms with Crippen LogP contribution >= 0.6 is 0 Å². The Morgan fingerprint density at radius 1 is 0.619 bits per heavy atom. The van der Waals surface area contributed by atoms with Gasteiger partial charge < -0.3 is 9.80 Å². The quantitative estimate of drug-likeness (QED) is 0.782. The average molecular weight is 296 g/mol. The van der Waals surface area contributed by atoms with Gasteiger partial charge >= 0.3 is 0 Å². The van der Waals surface area contributed by atoms with Crippen LogP contribution in [0.2, 0.25) is 0 Å². The lowest BCUT2D eigenvalue weighted by atomic mass is 10.2. The molecule has 3 rings (SSSR count). The number of hydrogen-bond donors (Lipinski definition) is 0. The van der Waals surface area contributed by atoms with Crippen LogP contribution in [0.15, 0.2) is 36.4 Å². The smallest absolute Gasteiger partial charge is 0.149 e. The van der Waals surface area contributed by atoms with Crippen molar-refractivity contribution in [3.8, 4) is 0 Å². The monoisotopic (exact) mass is 296 g/mol. The van der Waals surface area contributed by atoms with E-state index in [4.69, 9.17) is 0 Å². The van der Waals surface area contributed by atoms with Crippen molar-refractivity contribution >= 4 is 11.4 Å². The van der Waals surface area contributed by atoms with E-state index in [-0.39, 0.29) is 31.1 Å². The molecule has 0 N–H and O–H groups in total. The van der Waals surface area contributed by atoms with E-state index >= 15 is 0 Å². The predicted molar refractivity (Wildman–Crippen MR) is 72.3 cm³/mol. The minimum absolute atomic E-state index is 0.0235. The maximum atomic E-state index is 13.7. The Balaban J connectivity index is 1.89.